The Morgan fingerprint density at radius 1 is 1.11 bits per heavy atom. The monoisotopic (exact) mass is 253 g/mol. The van der Waals surface area contributed by atoms with Crippen molar-refractivity contribution in [2.45, 2.75) is 51.6 Å². The number of nitrogens with one attached hydrogen (secondary N) is 1. The molecule has 0 aromatic carbocycles. The highest BCUT2D eigenvalue weighted by atomic mass is 15.3. The minimum atomic E-state index is 0.718. The third-order valence-corrected chi connectivity index (χ3v) is 4.98. The van der Waals surface area contributed by atoms with Gasteiger partial charge in [0.25, 0.3) is 0 Å². The molecule has 2 atom stereocenters. The van der Waals surface area contributed by atoms with Crippen molar-refractivity contribution < 1.29 is 0 Å². The lowest BCUT2D eigenvalue weighted by Crippen LogP contribution is -2.49. The van der Waals surface area contributed by atoms with Crippen LogP contribution in [0.5, 0.6) is 0 Å². The molecule has 3 heteroatoms. The minimum Gasteiger partial charge on any atom is -0.317 e. The number of rotatable bonds is 5. The molecule has 1 saturated carbocycles. The maximum Gasteiger partial charge on any atom is 0.0113 e. The summed E-state index contributed by atoms with van der Waals surface area (Å²) in [5.41, 5.74) is 0. The molecular formula is C15H31N3. The average molecular weight is 253 g/mol. The molecular weight excluding hydrogens is 222 g/mol. The van der Waals surface area contributed by atoms with Crippen LogP contribution in [0.4, 0.5) is 0 Å². The Labute approximate surface area is 113 Å². The Morgan fingerprint density at radius 3 is 2.44 bits per heavy atom. The van der Waals surface area contributed by atoms with E-state index < -0.39 is 0 Å². The minimum absolute atomic E-state index is 0.718. The van der Waals surface area contributed by atoms with E-state index in [9.17, 15) is 0 Å². The third-order valence-electron chi connectivity index (χ3n) is 4.98. The molecule has 2 rings (SSSR count). The maximum atomic E-state index is 3.50. The van der Waals surface area contributed by atoms with Gasteiger partial charge < -0.3 is 10.2 Å². The van der Waals surface area contributed by atoms with Crippen molar-refractivity contribution in [3.63, 3.8) is 0 Å². The molecule has 2 aliphatic rings. The second-order valence-electron chi connectivity index (χ2n) is 6.35. The van der Waals surface area contributed by atoms with E-state index in [4.69, 9.17) is 0 Å². The van der Waals surface area contributed by atoms with Crippen molar-refractivity contribution in [1.82, 2.24) is 15.1 Å². The molecule has 2 fully saturated rings. The van der Waals surface area contributed by atoms with Crippen molar-refractivity contribution in [2.24, 2.45) is 5.92 Å². The van der Waals surface area contributed by atoms with Crippen molar-refractivity contribution in [1.29, 1.82) is 0 Å². The zero-order chi connectivity index (χ0) is 13.0. The van der Waals surface area contributed by atoms with E-state index in [1.165, 1.54) is 58.4 Å². The number of hydrogen-bond donors (Lipinski definition) is 1. The summed E-state index contributed by atoms with van der Waals surface area (Å²) in [5.74, 6) is 0.929. The molecule has 1 aliphatic carbocycles. The Bertz CT molecular complexity index is 234. The number of nitrogens with zero attached hydrogens (tertiary/aromatic N) is 2. The lowest BCUT2D eigenvalue weighted by molar-refractivity contribution is 0.103. The SMILES string of the molecule is CNC1CCCC1CCN1CCN(C(C)C)CC1. The van der Waals surface area contributed by atoms with Crippen LogP contribution < -0.4 is 5.32 Å². The standard InChI is InChI=1S/C15H31N3/c1-13(2)18-11-9-17(10-12-18)8-7-14-5-4-6-15(14)16-3/h13-16H,4-12H2,1-3H3. The molecule has 0 spiro atoms. The van der Waals surface area contributed by atoms with Gasteiger partial charge in [0.2, 0.25) is 0 Å². The maximum absolute atomic E-state index is 3.50. The van der Waals surface area contributed by atoms with E-state index in [1.807, 2.05) is 0 Å². The average Bonchev–Trinajstić information content (AvgIpc) is 2.84. The summed E-state index contributed by atoms with van der Waals surface area (Å²) >= 11 is 0. The zero-order valence-electron chi connectivity index (χ0n) is 12.5. The van der Waals surface area contributed by atoms with Crippen LogP contribution in [0.2, 0.25) is 0 Å². The van der Waals surface area contributed by atoms with Gasteiger partial charge in [-0.25, -0.2) is 0 Å². The summed E-state index contributed by atoms with van der Waals surface area (Å²) in [4.78, 5) is 5.27. The number of piperazine rings is 1. The summed E-state index contributed by atoms with van der Waals surface area (Å²) in [7, 11) is 2.13. The van der Waals surface area contributed by atoms with Gasteiger partial charge in [-0.1, -0.05) is 6.42 Å². The van der Waals surface area contributed by atoms with Crippen molar-refractivity contribution in [2.75, 3.05) is 39.8 Å². The Balaban J connectivity index is 1.66. The van der Waals surface area contributed by atoms with Crippen LogP contribution in [0.1, 0.15) is 39.5 Å². The van der Waals surface area contributed by atoms with E-state index >= 15 is 0 Å². The largest absolute Gasteiger partial charge is 0.317 e. The van der Waals surface area contributed by atoms with Crippen molar-refractivity contribution in [3.05, 3.63) is 0 Å². The summed E-state index contributed by atoms with van der Waals surface area (Å²) in [6.07, 6.45) is 5.66. The molecule has 106 valence electrons. The van der Waals surface area contributed by atoms with Crippen LogP contribution in [0, 0.1) is 5.92 Å². The van der Waals surface area contributed by atoms with Crippen LogP contribution in [0.25, 0.3) is 0 Å². The quantitative estimate of drug-likeness (QED) is 0.806. The molecule has 1 saturated heterocycles. The molecule has 1 aliphatic heterocycles. The Hall–Kier alpha value is -0.120. The second-order valence-corrected chi connectivity index (χ2v) is 6.35. The van der Waals surface area contributed by atoms with Crippen LogP contribution in [-0.4, -0.2) is 61.7 Å². The van der Waals surface area contributed by atoms with Crippen molar-refractivity contribution in [3.8, 4) is 0 Å². The molecule has 0 bridgehead atoms. The summed E-state index contributed by atoms with van der Waals surface area (Å²) in [5, 5.41) is 3.50. The van der Waals surface area contributed by atoms with Gasteiger partial charge in [0.05, 0.1) is 0 Å². The molecule has 1 N–H and O–H groups in total. The first-order chi connectivity index (χ1) is 8.70. The van der Waals surface area contributed by atoms with Gasteiger partial charge in [-0.05, 0) is 52.6 Å². The summed E-state index contributed by atoms with van der Waals surface area (Å²) in [6.45, 7) is 11.0. The molecule has 2 unspecified atom stereocenters. The van der Waals surface area contributed by atoms with Gasteiger partial charge in [0.15, 0.2) is 0 Å². The van der Waals surface area contributed by atoms with E-state index in [-0.39, 0.29) is 0 Å². The third kappa shape index (κ3) is 3.69. The van der Waals surface area contributed by atoms with Gasteiger partial charge in [0.1, 0.15) is 0 Å². The van der Waals surface area contributed by atoms with Gasteiger partial charge >= 0.3 is 0 Å². The van der Waals surface area contributed by atoms with Gasteiger partial charge in [-0.2, -0.15) is 0 Å². The molecule has 0 aromatic rings. The zero-order valence-corrected chi connectivity index (χ0v) is 12.5. The normalized spacial score (nSPS) is 31.3. The molecule has 0 radical (unpaired) electrons. The molecule has 3 nitrogen and oxygen atoms in total. The first-order valence-corrected chi connectivity index (χ1v) is 7.84. The highest BCUT2D eigenvalue weighted by Gasteiger charge is 2.26. The lowest BCUT2D eigenvalue weighted by atomic mass is 9.99. The van der Waals surface area contributed by atoms with Crippen molar-refractivity contribution >= 4 is 0 Å². The fourth-order valence-electron chi connectivity index (χ4n) is 3.61. The second kappa shape index (κ2) is 6.88. The smallest absolute Gasteiger partial charge is 0.0113 e. The van der Waals surface area contributed by atoms with Crippen LogP contribution in [-0.2, 0) is 0 Å². The van der Waals surface area contributed by atoms with Gasteiger partial charge in [-0.3, -0.25) is 4.90 Å². The van der Waals surface area contributed by atoms with Crippen LogP contribution in [0.15, 0.2) is 0 Å². The van der Waals surface area contributed by atoms with E-state index in [1.54, 1.807) is 0 Å². The van der Waals surface area contributed by atoms with E-state index in [0.717, 1.165) is 18.0 Å². The van der Waals surface area contributed by atoms with Crippen LogP contribution >= 0.6 is 0 Å². The lowest BCUT2D eigenvalue weighted by Gasteiger charge is -2.37. The van der Waals surface area contributed by atoms with Crippen LogP contribution in [0.3, 0.4) is 0 Å². The van der Waals surface area contributed by atoms with E-state index in [0.29, 0.717) is 0 Å². The molecule has 1 heterocycles. The first-order valence-electron chi connectivity index (χ1n) is 7.84. The molecule has 0 aromatic heterocycles. The highest BCUT2D eigenvalue weighted by molar-refractivity contribution is 4.83. The Kier molecular flexibility index (Phi) is 5.46. The summed E-state index contributed by atoms with van der Waals surface area (Å²) < 4.78 is 0. The summed E-state index contributed by atoms with van der Waals surface area (Å²) in [6, 6.07) is 1.51. The first kappa shape index (κ1) is 14.3. The fraction of sp³-hybridized carbons (Fsp3) is 1.00. The predicted molar refractivity (Wildman–Crippen MR) is 78.0 cm³/mol. The highest BCUT2D eigenvalue weighted by Crippen LogP contribution is 2.28. The number of hydrogen-bond acceptors (Lipinski definition) is 3. The van der Waals surface area contributed by atoms with Gasteiger partial charge in [0, 0.05) is 38.3 Å². The van der Waals surface area contributed by atoms with Gasteiger partial charge in [-0.15, -0.1) is 0 Å². The molecule has 18 heavy (non-hydrogen) atoms. The fourth-order valence-corrected chi connectivity index (χ4v) is 3.61. The predicted octanol–water partition coefficient (Wildman–Crippen LogP) is 1.79. The Morgan fingerprint density at radius 2 is 1.83 bits per heavy atom. The molecule has 0 amide bonds. The van der Waals surface area contributed by atoms with E-state index in [2.05, 4.69) is 36.0 Å². The topological polar surface area (TPSA) is 18.5 Å².